The number of rotatable bonds is 5. The predicted molar refractivity (Wildman–Crippen MR) is 117 cm³/mol. The Morgan fingerprint density at radius 1 is 1.29 bits per heavy atom. The van der Waals surface area contributed by atoms with Crippen molar-refractivity contribution in [1.82, 2.24) is 4.57 Å². The van der Waals surface area contributed by atoms with Crippen molar-refractivity contribution < 1.29 is 14.6 Å². The number of halogens is 2. The van der Waals surface area contributed by atoms with Gasteiger partial charge in [-0.15, -0.1) is 0 Å². The molecular formula is C20H21FIN3O3. The van der Waals surface area contributed by atoms with Crippen molar-refractivity contribution in [3.63, 3.8) is 0 Å². The van der Waals surface area contributed by atoms with E-state index in [-0.39, 0.29) is 24.3 Å². The summed E-state index contributed by atoms with van der Waals surface area (Å²) in [6.07, 6.45) is 0.946. The van der Waals surface area contributed by atoms with Crippen LogP contribution in [0, 0.1) is 9.39 Å². The topological polar surface area (TPSA) is 77.7 Å². The lowest BCUT2D eigenvalue weighted by Gasteiger charge is -2.32. The van der Waals surface area contributed by atoms with Gasteiger partial charge in [0.05, 0.1) is 17.5 Å². The quantitative estimate of drug-likeness (QED) is 0.554. The van der Waals surface area contributed by atoms with Crippen molar-refractivity contribution in [2.24, 2.45) is 7.05 Å². The first-order chi connectivity index (χ1) is 13.2. The van der Waals surface area contributed by atoms with E-state index >= 15 is 0 Å². The summed E-state index contributed by atoms with van der Waals surface area (Å²) < 4.78 is 16.6. The number of nitrogens with zero attached hydrogens (tertiary/aromatic N) is 2. The minimum atomic E-state index is -0.909. The van der Waals surface area contributed by atoms with E-state index in [4.69, 9.17) is 5.11 Å². The molecule has 0 bridgehead atoms. The first kappa shape index (κ1) is 20.6. The van der Waals surface area contributed by atoms with Crippen molar-refractivity contribution in [2.45, 2.75) is 12.5 Å². The van der Waals surface area contributed by atoms with E-state index in [1.54, 1.807) is 37.3 Å². The Bertz CT molecular complexity index is 1030. The second-order valence-corrected chi connectivity index (χ2v) is 7.85. The molecule has 148 valence electrons. The lowest BCUT2D eigenvalue weighted by molar-refractivity contribution is 0.164. The van der Waals surface area contributed by atoms with Gasteiger partial charge in [0.2, 0.25) is 0 Å². The van der Waals surface area contributed by atoms with Crippen LogP contribution in [0.1, 0.15) is 12.0 Å². The Hall–Kier alpha value is -2.17. The highest BCUT2D eigenvalue weighted by Crippen LogP contribution is 2.41. The molecule has 0 fully saturated rings. The number of pyridine rings is 1. The maximum Gasteiger partial charge on any atom is 0.253 e. The van der Waals surface area contributed by atoms with E-state index in [1.807, 2.05) is 22.6 Å². The Balaban J connectivity index is 2.15. The zero-order valence-corrected chi connectivity index (χ0v) is 17.7. The molecule has 6 nitrogen and oxygen atoms in total. The Kier molecular flexibility index (Phi) is 5.92. The molecule has 1 aromatic carbocycles. The van der Waals surface area contributed by atoms with Crippen LogP contribution in [-0.4, -0.2) is 34.5 Å². The Labute approximate surface area is 175 Å². The van der Waals surface area contributed by atoms with Gasteiger partial charge in [0.25, 0.3) is 5.56 Å². The van der Waals surface area contributed by atoms with E-state index in [9.17, 15) is 14.3 Å². The standard InChI is InChI=1S/C20H21FIN3O3/c1-11-13(17(27)6-7-26)10-24(2)20-19(11)16(9-18(28)25(20)3)23-15-5-4-12(22)8-14(15)21/h4-5,8-10,17,23,26-27H,1,6-7H2,2-3H3/t17-/m1/s1. The molecule has 0 saturated heterocycles. The van der Waals surface area contributed by atoms with Crippen molar-refractivity contribution in [2.75, 3.05) is 23.9 Å². The molecule has 0 saturated carbocycles. The minimum Gasteiger partial charge on any atom is -0.396 e. The smallest absolute Gasteiger partial charge is 0.253 e. The van der Waals surface area contributed by atoms with Gasteiger partial charge in [-0.1, -0.05) is 6.58 Å². The molecule has 2 aromatic rings. The highest BCUT2D eigenvalue weighted by Gasteiger charge is 2.28. The molecule has 1 aromatic heterocycles. The van der Waals surface area contributed by atoms with Gasteiger partial charge in [-0.05, 0) is 46.4 Å². The monoisotopic (exact) mass is 497 g/mol. The molecule has 0 unspecified atom stereocenters. The number of benzene rings is 1. The van der Waals surface area contributed by atoms with Crippen LogP contribution in [0.25, 0.3) is 5.57 Å². The van der Waals surface area contributed by atoms with Gasteiger partial charge in [-0.25, -0.2) is 4.39 Å². The van der Waals surface area contributed by atoms with Crippen LogP contribution in [0.4, 0.5) is 21.6 Å². The molecule has 1 aliphatic rings. The molecular weight excluding hydrogens is 476 g/mol. The van der Waals surface area contributed by atoms with E-state index in [1.165, 1.54) is 16.7 Å². The highest BCUT2D eigenvalue weighted by atomic mass is 127. The SMILES string of the molecule is C=C1C([C@H](O)CCO)=CN(C)c2c1c(Nc1ccc(I)cc1F)cc(=O)n2C. The molecule has 28 heavy (non-hydrogen) atoms. The van der Waals surface area contributed by atoms with Crippen LogP contribution >= 0.6 is 22.6 Å². The number of aliphatic hydroxyl groups is 2. The zero-order chi connectivity index (χ0) is 20.6. The zero-order valence-electron chi connectivity index (χ0n) is 15.5. The summed E-state index contributed by atoms with van der Waals surface area (Å²) in [5.41, 5.74) is 2.01. The average Bonchev–Trinajstić information content (AvgIpc) is 2.63. The first-order valence-electron chi connectivity index (χ1n) is 8.63. The second kappa shape index (κ2) is 8.06. The summed E-state index contributed by atoms with van der Waals surface area (Å²) in [4.78, 5) is 14.2. The summed E-state index contributed by atoms with van der Waals surface area (Å²) in [6, 6.07) is 6.15. The van der Waals surface area contributed by atoms with E-state index in [2.05, 4.69) is 11.9 Å². The van der Waals surface area contributed by atoms with E-state index < -0.39 is 11.9 Å². The van der Waals surface area contributed by atoms with Crippen LogP contribution in [0.5, 0.6) is 0 Å². The highest BCUT2D eigenvalue weighted by molar-refractivity contribution is 14.1. The van der Waals surface area contributed by atoms with Gasteiger partial charge in [0.1, 0.15) is 11.6 Å². The Morgan fingerprint density at radius 3 is 2.64 bits per heavy atom. The molecule has 1 aliphatic heterocycles. The van der Waals surface area contributed by atoms with Crippen molar-refractivity contribution >= 4 is 45.4 Å². The number of aromatic nitrogens is 1. The first-order valence-corrected chi connectivity index (χ1v) is 9.71. The molecule has 8 heteroatoms. The number of hydrogen-bond donors (Lipinski definition) is 3. The van der Waals surface area contributed by atoms with Crippen molar-refractivity contribution in [3.8, 4) is 0 Å². The van der Waals surface area contributed by atoms with Gasteiger partial charge in [0, 0.05) is 54.1 Å². The van der Waals surface area contributed by atoms with Gasteiger partial charge >= 0.3 is 0 Å². The average molecular weight is 497 g/mol. The largest absolute Gasteiger partial charge is 0.396 e. The molecule has 0 aliphatic carbocycles. The fourth-order valence-corrected chi connectivity index (χ4v) is 3.74. The van der Waals surface area contributed by atoms with Gasteiger partial charge in [0.15, 0.2) is 0 Å². The number of fused-ring (bicyclic) bond motifs is 1. The fourth-order valence-electron chi connectivity index (χ4n) is 3.29. The number of aliphatic hydroxyl groups excluding tert-OH is 2. The number of hydrogen-bond acceptors (Lipinski definition) is 5. The van der Waals surface area contributed by atoms with Crippen LogP contribution in [0.3, 0.4) is 0 Å². The third-order valence-corrected chi connectivity index (χ3v) is 5.36. The maximum atomic E-state index is 14.4. The van der Waals surface area contributed by atoms with E-state index in [0.29, 0.717) is 28.2 Å². The lowest BCUT2D eigenvalue weighted by atomic mass is 9.91. The van der Waals surface area contributed by atoms with E-state index in [0.717, 1.165) is 3.57 Å². The summed E-state index contributed by atoms with van der Waals surface area (Å²) in [5, 5.41) is 22.6. The Morgan fingerprint density at radius 2 is 2.00 bits per heavy atom. The molecule has 1 atom stereocenters. The number of nitrogens with one attached hydrogen (secondary N) is 1. The lowest BCUT2D eigenvalue weighted by Crippen LogP contribution is -2.30. The molecule has 0 radical (unpaired) electrons. The normalized spacial score (nSPS) is 14.6. The minimum absolute atomic E-state index is 0.161. The summed E-state index contributed by atoms with van der Waals surface area (Å²) in [7, 11) is 3.40. The van der Waals surface area contributed by atoms with Crippen LogP contribution in [0.2, 0.25) is 0 Å². The molecule has 0 amide bonds. The van der Waals surface area contributed by atoms with Crippen LogP contribution < -0.4 is 15.8 Å². The van der Waals surface area contributed by atoms with Crippen molar-refractivity contribution in [1.29, 1.82) is 0 Å². The summed E-state index contributed by atoms with van der Waals surface area (Å²) >= 11 is 2.02. The van der Waals surface area contributed by atoms with Crippen molar-refractivity contribution in [3.05, 3.63) is 67.9 Å². The van der Waals surface area contributed by atoms with Gasteiger partial charge in [-0.3, -0.25) is 9.36 Å². The molecule has 0 spiro atoms. The summed E-state index contributed by atoms with van der Waals surface area (Å²) in [6.45, 7) is 3.93. The molecule has 3 N–H and O–H groups in total. The molecule has 2 heterocycles. The number of anilines is 3. The second-order valence-electron chi connectivity index (χ2n) is 6.61. The molecule has 3 rings (SSSR count). The fraction of sp³-hybridized carbons (Fsp3) is 0.250. The third kappa shape index (κ3) is 3.71. The van der Waals surface area contributed by atoms with Crippen LogP contribution in [0.15, 0.2) is 47.4 Å². The van der Waals surface area contributed by atoms with Gasteiger partial charge < -0.3 is 20.4 Å². The van der Waals surface area contributed by atoms with Crippen LogP contribution in [-0.2, 0) is 7.05 Å². The third-order valence-electron chi connectivity index (χ3n) is 4.69. The summed E-state index contributed by atoms with van der Waals surface area (Å²) in [5.74, 6) is 0.137. The van der Waals surface area contributed by atoms with Gasteiger partial charge in [-0.2, -0.15) is 0 Å². The predicted octanol–water partition coefficient (Wildman–Crippen LogP) is 2.96. The maximum absolute atomic E-state index is 14.4.